The van der Waals surface area contributed by atoms with Gasteiger partial charge in [0, 0.05) is 50.0 Å². The first-order valence-electron chi connectivity index (χ1n) is 8.32. The van der Waals surface area contributed by atoms with Gasteiger partial charge in [0.05, 0.1) is 12.6 Å². The van der Waals surface area contributed by atoms with E-state index in [0.717, 1.165) is 56.3 Å². The monoisotopic (exact) mass is 337 g/mol. The van der Waals surface area contributed by atoms with Crippen molar-refractivity contribution in [1.29, 1.82) is 0 Å². The molecule has 3 rings (SSSR count). The maximum absolute atomic E-state index is 12.0. The zero-order valence-corrected chi connectivity index (χ0v) is 14.1. The Hall–Kier alpha value is -1.30. The molecule has 1 amide bonds. The van der Waals surface area contributed by atoms with Crippen LogP contribution in [0.4, 0.5) is 5.69 Å². The zero-order chi connectivity index (χ0) is 16.1. The highest BCUT2D eigenvalue weighted by Gasteiger charge is 2.20. The van der Waals surface area contributed by atoms with Crippen molar-refractivity contribution in [3.05, 3.63) is 29.3 Å². The van der Waals surface area contributed by atoms with Gasteiger partial charge in [-0.15, -0.1) is 0 Å². The molecule has 0 radical (unpaired) electrons. The van der Waals surface area contributed by atoms with Crippen LogP contribution < -0.4 is 10.2 Å². The van der Waals surface area contributed by atoms with E-state index in [1.54, 1.807) is 0 Å². The number of amides is 1. The van der Waals surface area contributed by atoms with Gasteiger partial charge in [0.2, 0.25) is 5.91 Å². The lowest BCUT2D eigenvalue weighted by atomic mass is 10.2. The van der Waals surface area contributed by atoms with Crippen molar-refractivity contribution in [3.8, 4) is 0 Å². The number of nitrogens with zero attached hydrogens (tertiary/aromatic N) is 2. The summed E-state index contributed by atoms with van der Waals surface area (Å²) in [7, 11) is 0. The van der Waals surface area contributed by atoms with Crippen LogP contribution in [-0.4, -0.2) is 62.8 Å². The Balaban J connectivity index is 1.39. The molecule has 0 aliphatic carbocycles. The molecular weight excluding hydrogens is 314 g/mol. The van der Waals surface area contributed by atoms with Crippen molar-refractivity contribution in [3.63, 3.8) is 0 Å². The van der Waals surface area contributed by atoms with Crippen LogP contribution in [0.1, 0.15) is 12.8 Å². The first kappa shape index (κ1) is 16.6. The van der Waals surface area contributed by atoms with Crippen LogP contribution in [0.2, 0.25) is 5.02 Å². The van der Waals surface area contributed by atoms with Crippen molar-refractivity contribution in [2.24, 2.45) is 0 Å². The number of carbonyl (C=O) groups excluding carboxylic acids is 1. The van der Waals surface area contributed by atoms with Gasteiger partial charge in [0.25, 0.3) is 0 Å². The molecule has 1 atom stereocenters. The Morgan fingerprint density at radius 1 is 1.30 bits per heavy atom. The van der Waals surface area contributed by atoms with Crippen molar-refractivity contribution in [1.82, 2.24) is 10.2 Å². The Bertz CT molecular complexity index is 526. The zero-order valence-electron chi connectivity index (χ0n) is 13.3. The van der Waals surface area contributed by atoms with Crippen LogP contribution in [0.15, 0.2) is 24.3 Å². The third-order valence-electron chi connectivity index (χ3n) is 4.46. The number of hydrogen-bond acceptors (Lipinski definition) is 4. The molecule has 126 valence electrons. The smallest absolute Gasteiger partial charge is 0.234 e. The summed E-state index contributed by atoms with van der Waals surface area (Å²) in [5.41, 5.74) is 1.15. The molecule has 1 aromatic carbocycles. The molecule has 6 heteroatoms. The van der Waals surface area contributed by atoms with Crippen LogP contribution in [0, 0.1) is 0 Å². The van der Waals surface area contributed by atoms with E-state index in [9.17, 15) is 4.79 Å². The standard InChI is InChI=1S/C17H24ClN3O2/c18-14-3-1-4-15(11-14)21-8-6-20(7-9-21)13-17(22)19-12-16-5-2-10-23-16/h1,3-4,11,16H,2,5-10,12-13H2,(H,19,22)/t16-/m0/s1. The van der Waals surface area contributed by atoms with Crippen molar-refractivity contribution in [2.45, 2.75) is 18.9 Å². The molecule has 0 bridgehead atoms. The summed E-state index contributed by atoms with van der Waals surface area (Å²) < 4.78 is 5.52. The predicted molar refractivity (Wildman–Crippen MR) is 92.1 cm³/mol. The number of rotatable bonds is 5. The van der Waals surface area contributed by atoms with Gasteiger partial charge in [-0.1, -0.05) is 17.7 Å². The van der Waals surface area contributed by atoms with E-state index in [-0.39, 0.29) is 12.0 Å². The minimum atomic E-state index is 0.0942. The molecule has 1 aromatic rings. The van der Waals surface area contributed by atoms with E-state index >= 15 is 0 Å². The molecule has 2 fully saturated rings. The topological polar surface area (TPSA) is 44.8 Å². The Kier molecular flexibility index (Phi) is 5.75. The van der Waals surface area contributed by atoms with Crippen LogP contribution >= 0.6 is 11.6 Å². The van der Waals surface area contributed by atoms with Crippen LogP contribution in [0.3, 0.4) is 0 Å². The lowest BCUT2D eigenvalue weighted by molar-refractivity contribution is -0.122. The van der Waals surface area contributed by atoms with Crippen molar-refractivity contribution in [2.75, 3.05) is 50.8 Å². The molecule has 2 aliphatic rings. The van der Waals surface area contributed by atoms with Crippen LogP contribution in [0.5, 0.6) is 0 Å². The average Bonchev–Trinajstić information content (AvgIpc) is 3.07. The molecule has 0 spiro atoms. The summed E-state index contributed by atoms with van der Waals surface area (Å²) in [6, 6.07) is 7.93. The second-order valence-electron chi connectivity index (χ2n) is 6.18. The molecule has 2 heterocycles. The Morgan fingerprint density at radius 2 is 2.13 bits per heavy atom. The van der Waals surface area contributed by atoms with Gasteiger partial charge in [-0.2, -0.15) is 0 Å². The van der Waals surface area contributed by atoms with E-state index in [4.69, 9.17) is 16.3 Å². The van der Waals surface area contributed by atoms with E-state index in [1.165, 1.54) is 0 Å². The van der Waals surface area contributed by atoms with Gasteiger partial charge in [0.1, 0.15) is 0 Å². The van der Waals surface area contributed by atoms with Gasteiger partial charge in [-0.3, -0.25) is 9.69 Å². The quantitative estimate of drug-likeness (QED) is 0.889. The molecule has 0 aromatic heterocycles. The number of nitrogens with one attached hydrogen (secondary N) is 1. The summed E-state index contributed by atoms with van der Waals surface area (Å²) in [4.78, 5) is 16.5. The lowest BCUT2D eigenvalue weighted by Gasteiger charge is -2.35. The molecular formula is C17H24ClN3O2. The summed E-state index contributed by atoms with van der Waals surface area (Å²) in [6.45, 7) is 5.54. The highest BCUT2D eigenvalue weighted by molar-refractivity contribution is 6.30. The summed E-state index contributed by atoms with van der Waals surface area (Å²) in [5.74, 6) is 0.0942. The van der Waals surface area contributed by atoms with E-state index in [2.05, 4.69) is 21.2 Å². The average molecular weight is 338 g/mol. The first-order chi connectivity index (χ1) is 11.2. The lowest BCUT2D eigenvalue weighted by Crippen LogP contribution is -2.50. The minimum Gasteiger partial charge on any atom is -0.376 e. The van der Waals surface area contributed by atoms with Gasteiger partial charge in [-0.25, -0.2) is 0 Å². The third-order valence-corrected chi connectivity index (χ3v) is 4.70. The van der Waals surface area contributed by atoms with Crippen molar-refractivity contribution >= 4 is 23.2 Å². The number of halogens is 1. The van der Waals surface area contributed by atoms with Crippen LogP contribution in [-0.2, 0) is 9.53 Å². The molecule has 2 aliphatic heterocycles. The molecule has 0 unspecified atom stereocenters. The van der Waals surface area contributed by atoms with E-state index in [1.807, 2.05) is 18.2 Å². The largest absolute Gasteiger partial charge is 0.376 e. The Labute approximate surface area is 142 Å². The highest BCUT2D eigenvalue weighted by atomic mass is 35.5. The maximum Gasteiger partial charge on any atom is 0.234 e. The number of piperazine rings is 1. The fraction of sp³-hybridized carbons (Fsp3) is 0.588. The van der Waals surface area contributed by atoms with Gasteiger partial charge in [-0.05, 0) is 31.0 Å². The van der Waals surface area contributed by atoms with E-state index < -0.39 is 0 Å². The van der Waals surface area contributed by atoms with Crippen LogP contribution in [0.25, 0.3) is 0 Å². The van der Waals surface area contributed by atoms with Crippen molar-refractivity contribution < 1.29 is 9.53 Å². The molecule has 0 saturated carbocycles. The third kappa shape index (κ3) is 4.83. The fourth-order valence-electron chi connectivity index (χ4n) is 3.13. The summed E-state index contributed by atoms with van der Waals surface area (Å²) in [6.07, 6.45) is 2.36. The Morgan fingerprint density at radius 3 is 2.83 bits per heavy atom. The second kappa shape index (κ2) is 7.99. The highest BCUT2D eigenvalue weighted by Crippen LogP contribution is 2.20. The fourth-order valence-corrected chi connectivity index (χ4v) is 3.31. The summed E-state index contributed by atoms with van der Waals surface area (Å²) in [5, 5.41) is 3.75. The second-order valence-corrected chi connectivity index (χ2v) is 6.62. The number of ether oxygens (including phenoxy) is 1. The maximum atomic E-state index is 12.0. The number of benzene rings is 1. The van der Waals surface area contributed by atoms with Gasteiger partial charge in [0.15, 0.2) is 0 Å². The number of carbonyl (C=O) groups is 1. The number of anilines is 1. The first-order valence-corrected chi connectivity index (χ1v) is 8.70. The number of hydrogen-bond donors (Lipinski definition) is 1. The molecule has 23 heavy (non-hydrogen) atoms. The van der Waals surface area contributed by atoms with E-state index in [0.29, 0.717) is 13.1 Å². The predicted octanol–water partition coefficient (Wildman–Crippen LogP) is 1.76. The van der Waals surface area contributed by atoms with Gasteiger partial charge >= 0.3 is 0 Å². The summed E-state index contributed by atoms with van der Waals surface area (Å²) >= 11 is 6.05. The molecule has 1 N–H and O–H groups in total. The normalized spacial score (nSPS) is 22.3. The minimum absolute atomic E-state index is 0.0942. The SMILES string of the molecule is O=C(CN1CCN(c2cccc(Cl)c2)CC1)NC[C@@H]1CCCO1. The molecule has 2 saturated heterocycles. The molecule has 5 nitrogen and oxygen atoms in total. The van der Waals surface area contributed by atoms with Gasteiger partial charge < -0.3 is 15.0 Å².